The van der Waals surface area contributed by atoms with Crippen molar-refractivity contribution in [3.8, 4) is 0 Å². The number of benzene rings is 1. The maximum atomic E-state index is 12.4. The van der Waals surface area contributed by atoms with E-state index in [1.807, 2.05) is 20.8 Å². The van der Waals surface area contributed by atoms with Crippen LogP contribution in [-0.2, 0) is 16.6 Å². The quantitative estimate of drug-likeness (QED) is 0.843. The predicted octanol–water partition coefficient (Wildman–Crippen LogP) is 1.90. The molecule has 1 aromatic heterocycles. The molecule has 0 spiro atoms. The fourth-order valence-electron chi connectivity index (χ4n) is 1.84. The van der Waals surface area contributed by atoms with Crippen LogP contribution in [0.15, 0.2) is 29.4 Å². The summed E-state index contributed by atoms with van der Waals surface area (Å²) in [5.74, 6) is 0. The van der Waals surface area contributed by atoms with Crippen LogP contribution >= 0.6 is 0 Å². The van der Waals surface area contributed by atoms with Gasteiger partial charge in [-0.2, -0.15) is 5.10 Å². The second kappa shape index (κ2) is 5.16. The van der Waals surface area contributed by atoms with Crippen molar-refractivity contribution in [1.29, 1.82) is 0 Å². The number of sulfonamides is 1. The highest BCUT2D eigenvalue weighted by molar-refractivity contribution is 7.92. The molecule has 0 fully saturated rings. The first kappa shape index (κ1) is 14.4. The van der Waals surface area contributed by atoms with Gasteiger partial charge in [-0.3, -0.25) is 9.40 Å². The van der Waals surface area contributed by atoms with Crippen LogP contribution in [-0.4, -0.2) is 18.2 Å². The number of nitrogens with two attached hydrogens (primary N) is 1. The van der Waals surface area contributed by atoms with Crippen LogP contribution in [0.1, 0.15) is 18.1 Å². The second-order valence-corrected chi connectivity index (χ2v) is 6.32. The molecular formula is C13H18N4O2S. The van der Waals surface area contributed by atoms with Crippen molar-refractivity contribution >= 4 is 21.4 Å². The molecule has 0 atom stereocenters. The van der Waals surface area contributed by atoms with Crippen molar-refractivity contribution < 1.29 is 8.42 Å². The summed E-state index contributed by atoms with van der Waals surface area (Å²) in [6, 6.07) is 3.25. The number of aryl methyl sites for hydroxylation is 3. The lowest BCUT2D eigenvalue weighted by atomic mass is 10.1. The fourth-order valence-corrected chi connectivity index (χ4v) is 3.07. The van der Waals surface area contributed by atoms with Gasteiger partial charge < -0.3 is 5.73 Å². The largest absolute Gasteiger partial charge is 0.398 e. The maximum absolute atomic E-state index is 12.4. The summed E-state index contributed by atoms with van der Waals surface area (Å²) < 4.78 is 28.8. The van der Waals surface area contributed by atoms with Crippen molar-refractivity contribution in [3.63, 3.8) is 0 Å². The third-order valence-electron chi connectivity index (χ3n) is 3.13. The van der Waals surface area contributed by atoms with Crippen LogP contribution in [0.3, 0.4) is 0 Å². The van der Waals surface area contributed by atoms with Gasteiger partial charge in [0, 0.05) is 12.7 Å². The number of nitrogens with zero attached hydrogens (tertiary/aromatic N) is 2. The fraction of sp³-hybridized carbons (Fsp3) is 0.308. The molecule has 2 aromatic rings. The van der Waals surface area contributed by atoms with E-state index in [9.17, 15) is 8.42 Å². The van der Waals surface area contributed by atoms with Gasteiger partial charge in [-0.15, -0.1) is 0 Å². The Morgan fingerprint density at radius 1 is 1.30 bits per heavy atom. The molecule has 1 aromatic carbocycles. The molecule has 7 heteroatoms. The summed E-state index contributed by atoms with van der Waals surface area (Å²) in [5, 5.41) is 4.03. The van der Waals surface area contributed by atoms with Crippen LogP contribution < -0.4 is 10.5 Å². The van der Waals surface area contributed by atoms with E-state index in [2.05, 4.69) is 9.82 Å². The number of anilines is 2. The third-order valence-corrected chi connectivity index (χ3v) is 4.56. The summed E-state index contributed by atoms with van der Waals surface area (Å²) in [5.41, 5.74) is 8.32. The number of rotatable bonds is 4. The molecule has 6 nitrogen and oxygen atoms in total. The van der Waals surface area contributed by atoms with E-state index in [1.165, 1.54) is 6.20 Å². The number of hydrogen-bond donors (Lipinski definition) is 2. The van der Waals surface area contributed by atoms with Crippen molar-refractivity contribution in [3.05, 3.63) is 35.7 Å². The monoisotopic (exact) mass is 294 g/mol. The minimum absolute atomic E-state index is 0.0878. The van der Waals surface area contributed by atoms with Crippen molar-refractivity contribution in [1.82, 2.24) is 9.78 Å². The Hall–Kier alpha value is -2.02. The van der Waals surface area contributed by atoms with Gasteiger partial charge in [-0.05, 0) is 44.0 Å². The Morgan fingerprint density at radius 3 is 2.55 bits per heavy atom. The highest BCUT2D eigenvalue weighted by Gasteiger charge is 2.19. The highest BCUT2D eigenvalue weighted by Crippen LogP contribution is 2.24. The average molecular weight is 294 g/mol. The molecule has 2 rings (SSSR count). The van der Waals surface area contributed by atoms with Crippen molar-refractivity contribution in [2.75, 3.05) is 10.5 Å². The second-order valence-electron chi connectivity index (χ2n) is 4.66. The molecule has 0 aliphatic rings. The molecule has 0 aliphatic heterocycles. The topological polar surface area (TPSA) is 90.0 Å². The number of hydrogen-bond acceptors (Lipinski definition) is 4. The maximum Gasteiger partial charge on any atom is 0.264 e. The number of nitrogen functional groups attached to an aromatic ring is 1. The van der Waals surface area contributed by atoms with E-state index in [0.29, 0.717) is 12.2 Å². The SMILES string of the molecule is CCn1cc(NS(=O)(=O)c2cc(C)c(C)cc2N)cn1. The zero-order valence-electron chi connectivity index (χ0n) is 11.7. The van der Waals surface area contributed by atoms with Gasteiger partial charge in [0.15, 0.2) is 0 Å². The molecule has 1 heterocycles. The van der Waals surface area contributed by atoms with E-state index in [1.54, 1.807) is 23.0 Å². The first-order valence-corrected chi connectivity index (χ1v) is 7.74. The smallest absolute Gasteiger partial charge is 0.264 e. The Kier molecular flexibility index (Phi) is 3.71. The summed E-state index contributed by atoms with van der Waals surface area (Å²) in [6.45, 7) is 6.34. The number of nitrogens with one attached hydrogen (secondary N) is 1. The molecule has 0 unspecified atom stereocenters. The van der Waals surface area contributed by atoms with Gasteiger partial charge in [0.2, 0.25) is 0 Å². The lowest BCUT2D eigenvalue weighted by Crippen LogP contribution is -2.15. The van der Waals surface area contributed by atoms with Gasteiger partial charge in [0.25, 0.3) is 10.0 Å². The number of aromatic nitrogens is 2. The summed E-state index contributed by atoms with van der Waals surface area (Å²) in [4.78, 5) is 0.0878. The van der Waals surface area contributed by atoms with Crippen LogP contribution in [0.5, 0.6) is 0 Å². The zero-order chi connectivity index (χ0) is 14.9. The van der Waals surface area contributed by atoms with E-state index < -0.39 is 10.0 Å². The zero-order valence-corrected chi connectivity index (χ0v) is 12.5. The lowest BCUT2D eigenvalue weighted by molar-refractivity contribution is 0.601. The first-order valence-electron chi connectivity index (χ1n) is 6.25. The molecule has 0 aliphatic carbocycles. The molecule has 0 bridgehead atoms. The predicted molar refractivity (Wildman–Crippen MR) is 79.0 cm³/mol. The lowest BCUT2D eigenvalue weighted by Gasteiger charge is -2.11. The van der Waals surface area contributed by atoms with Gasteiger partial charge >= 0.3 is 0 Å². The van der Waals surface area contributed by atoms with Gasteiger partial charge in [-0.1, -0.05) is 0 Å². The molecule has 0 saturated carbocycles. The first-order chi connectivity index (χ1) is 9.33. The standard InChI is InChI=1S/C13H18N4O2S/c1-4-17-8-11(7-15-17)16-20(18,19)13-6-10(3)9(2)5-12(13)14/h5-8,16H,4,14H2,1-3H3. The molecule has 108 valence electrons. The van der Waals surface area contributed by atoms with E-state index >= 15 is 0 Å². The Bertz CT molecular complexity index is 735. The van der Waals surface area contributed by atoms with Crippen LogP contribution in [0.4, 0.5) is 11.4 Å². The molecule has 0 amide bonds. The van der Waals surface area contributed by atoms with Crippen molar-refractivity contribution in [2.24, 2.45) is 0 Å². The highest BCUT2D eigenvalue weighted by atomic mass is 32.2. The summed E-state index contributed by atoms with van der Waals surface area (Å²) in [6.07, 6.45) is 3.10. The molecule has 0 saturated heterocycles. The Morgan fingerprint density at radius 2 is 1.95 bits per heavy atom. The van der Waals surface area contributed by atoms with E-state index in [4.69, 9.17) is 5.73 Å². The van der Waals surface area contributed by atoms with Crippen molar-refractivity contribution in [2.45, 2.75) is 32.2 Å². The minimum atomic E-state index is -3.71. The Balaban J connectivity index is 2.37. The summed E-state index contributed by atoms with van der Waals surface area (Å²) >= 11 is 0. The normalized spacial score (nSPS) is 11.6. The van der Waals surface area contributed by atoms with E-state index in [0.717, 1.165) is 11.1 Å². The van der Waals surface area contributed by atoms with Crippen LogP contribution in [0, 0.1) is 13.8 Å². The molecule has 3 N–H and O–H groups in total. The van der Waals surface area contributed by atoms with Crippen LogP contribution in [0.2, 0.25) is 0 Å². The molecular weight excluding hydrogens is 276 g/mol. The molecule has 0 radical (unpaired) electrons. The van der Waals surface area contributed by atoms with Crippen LogP contribution in [0.25, 0.3) is 0 Å². The van der Waals surface area contributed by atoms with Gasteiger partial charge in [0.1, 0.15) is 4.90 Å². The minimum Gasteiger partial charge on any atom is -0.398 e. The third kappa shape index (κ3) is 2.77. The van der Waals surface area contributed by atoms with Gasteiger partial charge in [-0.25, -0.2) is 8.42 Å². The summed E-state index contributed by atoms with van der Waals surface area (Å²) in [7, 11) is -3.71. The van der Waals surface area contributed by atoms with E-state index in [-0.39, 0.29) is 10.6 Å². The molecule has 20 heavy (non-hydrogen) atoms. The van der Waals surface area contributed by atoms with Gasteiger partial charge in [0.05, 0.1) is 17.6 Å². The Labute approximate surface area is 118 Å². The average Bonchev–Trinajstić information content (AvgIpc) is 2.80.